The zero-order chi connectivity index (χ0) is 15.6. The van der Waals surface area contributed by atoms with Crippen LogP contribution in [0.5, 0.6) is 0 Å². The molecule has 1 aliphatic heterocycles. The van der Waals surface area contributed by atoms with E-state index in [9.17, 15) is 4.79 Å². The molecule has 1 aliphatic rings. The van der Waals surface area contributed by atoms with Crippen molar-refractivity contribution in [1.82, 2.24) is 14.7 Å². The summed E-state index contributed by atoms with van der Waals surface area (Å²) < 4.78 is 18.1. The first-order valence-electron chi connectivity index (χ1n) is 6.90. The Morgan fingerprint density at radius 2 is 2.14 bits per heavy atom. The van der Waals surface area contributed by atoms with Gasteiger partial charge in [0.2, 0.25) is 0 Å². The van der Waals surface area contributed by atoms with Crippen LogP contribution in [-0.4, -0.2) is 73.3 Å². The van der Waals surface area contributed by atoms with Crippen LogP contribution in [0.25, 0.3) is 0 Å². The summed E-state index contributed by atoms with van der Waals surface area (Å²) in [4.78, 5) is 14.3. The molecule has 2 heterocycles. The van der Waals surface area contributed by atoms with Crippen LogP contribution in [0.1, 0.15) is 16.1 Å². The van der Waals surface area contributed by atoms with Crippen molar-refractivity contribution in [2.75, 3.05) is 34.5 Å². The van der Waals surface area contributed by atoms with Gasteiger partial charge in [0.15, 0.2) is 0 Å². The minimum absolute atomic E-state index is 0.0898. The van der Waals surface area contributed by atoms with Gasteiger partial charge in [-0.25, -0.2) is 0 Å². The number of aryl methyl sites for hydroxylation is 2. The molecular formula is C14H23N3O4. The summed E-state index contributed by atoms with van der Waals surface area (Å²) in [5.74, 6) is -0.0898. The second kappa shape index (κ2) is 6.55. The standard InChI is InChI=1S/C14H23N3O4/c1-9-10(6-16(2)15-9)14(18)17(3)11-7-21-8-12(19-4)13(11)20-5/h6,11-13H,7-8H2,1-5H3/t11-,12-,13+/m1/s1. The van der Waals surface area contributed by atoms with Crippen molar-refractivity contribution in [2.45, 2.75) is 25.2 Å². The van der Waals surface area contributed by atoms with Crippen molar-refractivity contribution in [2.24, 2.45) is 7.05 Å². The van der Waals surface area contributed by atoms with E-state index in [-0.39, 0.29) is 24.2 Å². The molecule has 1 aromatic rings. The second-order valence-corrected chi connectivity index (χ2v) is 5.30. The summed E-state index contributed by atoms with van der Waals surface area (Å²) in [6.07, 6.45) is 1.33. The number of aromatic nitrogens is 2. The Hall–Kier alpha value is -1.44. The molecule has 21 heavy (non-hydrogen) atoms. The number of ether oxygens (including phenoxy) is 3. The molecule has 1 saturated heterocycles. The number of carbonyl (C=O) groups excluding carboxylic acids is 1. The summed E-state index contributed by atoms with van der Waals surface area (Å²) in [7, 11) is 6.80. The molecule has 0 spiro atoms. The fourth-order valence-corrected chi connectivity index (χ4v) is 2.74. The van der Waals surface area contributed by atoms with Crippen molar-refractivity contribution in [1.29, 1.82) is 0 Å². The summed E-state index contributed by atoms with van der Waals surface area (Å²) in [6, 6.07) is -0.194. The second-order valence-electron chi connectivity index (χ2n) is 5.30. The molecule has 0 bridgehead atoms. The number of likely N-dealkylation sites (N-methyl/N-ethyl adjacent to an activating group) is 1. The van der Waals surface area contributed by atoms with Crippen molar-refractivity contribution >= 4 is 5.91 Å². The highest BCUT2D eigenvalue weighted by Crippen LogP contribution is 2.21. The number of carbonyl (C=O) groups is 1. The summed E-state index contributed by atoms with van der Waals surface area (Å²) in [5, 5.41) is 4.21. The van der Waals surface area contributed by atoms with Gasteiger partial charge in [0.25, 0.3) is 5.91 Å². The molecule has 0 radical (unpaired) electrons. The smallest absolute Gasteiger partial charge is 0.257 e. The molecule has 0 aromatic carbocycles. The number of nitrogens with zero attached hydrogens (tertiary/aromatic N) is 3. The van der Waals surface area contributed by atoms with Crippen molar-refractivity contribution in [3.63, 3.8) is 0 Å². The Labute approximate surface area is 124 Å². The molecule has 118 valence electrons. The van der Waals surface area contributed by atoms with Gasteiger partial charge in [-0.1, -0.05) is 0 Å². The summed E-state index contributed by atoms with van der Waals surface area (Å²) in [6.45, 7) is 2.73. The molecule has 0 saturated carbocycles. The van der Waals surface area contributed by atoms with E-state index in [1.165, 1.54) is 0 Å². The van der Waals surface area contributed by atoms with Crippen molar-refractivity contribution in [3.8, 4) is 0 Å². The Balaban J connectivity index is 2.19. The third-order valence-electron chi connectivity index (χ3n) is 3.95. The molecule has 1 amide bonds. The first kappa shape index (κ1) is 15.9. The topological polar surface area (TPSA) is 65.8 Å². The van der Waals surface area contributed by atoms with E-state index in [1.54, 1.807) is 44.1 Å². The van der Waals surface area contributed by atoms with Crippen LogP contribution < -0.4 is 0 Å². The Kier molecular flexibility index (Phi) is 4.97. The maximum atomic E-state index is 12.7. The highest BCUT2D eigenvalue weighted by atomic mass is 16.6. The SMILES string of the molecule is CO[C@H]1[C@H](N(C)C(=O)c2cn(C)nc2C)COC[C@H]1OC. The molecule has 0 unspecified atom stereocenters. The van der Waals surface area contributed by atoms with Crippen molar-refractivity contribution in [3.05, 3.63) is 17.5 Å². The number of hydrogen-bond donors (Lipinski definition) is 0. The highest BCUT2D eigenvalue weighted by Gasteiger charge is 2.39. The van der Waals surface area contributed by atoms with Crippen molar-refractivity contribution < 1.29 is 19.0 Å². The quantitative estimate of drug-likeness (QED) is 0.796. The molecular weight excluding hydrogens is 274 g/mol. The van der Waals surface area contributed by atoms with Crippen LogP contribution in [0, 0.1) is 6.92 Å². The van der Waals surface area contributed by atoms with Gasteiger partial charge in [-0.05, 0) is 6.92 Å². The van der Waals surface area contributed by atoms with Crippen LogP contribution in [0.3, 0.4) is 0 Å². The largest absolute Gasteiger partial charge is 0.376 e. The van der Waals surface area contributed by atoms with Gasteiger partial charge in [0, 0.05) is 34.5 Å². The van der Waals surface area contributed by atoms with E-state index in [2.05, 4.69) is 5.10 Å². The highest BCUT2D eigenvalue weighted by molar-refractivity contribution is 5.95. The molecule has 3 atom stereocenters. The molecule has 7 heteroatoms. The van der Waals surface area contributed by atoms with Crippen LogP contribution in [0.15, 0.2) is 6.20 Å². The maximum absolute atomic E-state index is 12.7. The van der Waals surface area contributed by atoms with Crippen LogP contribution in [0.2, 0.25) is 0 Å². The first-order valence-corrected chi connectivity index (χ1v) is 6.90. The Morgan fingerprint density at radius 3 is 2.67 bits per heavy atom. The lowest BCUT2D eigenvalue weighted by Crippen LogP contribution is -2.57. The van der Waals surface area contributed by atoms with E-state index in [0.717, 1.165) is 0 Å². The lowest BCUT2D eigenvalue weighted by molar-refractivity contribution is -0.147. The van der Waals surface area contributed by atoms with E-state index in [4.69, 9.17) is 14.2 Å². The van der Waals surface area contributed by atoms with Crippen LogP contribution >= 0.6 is 0 Å². The minimum Gasteiger partial charge on any atom is -0.376 e. The van der Waals surface area contributed by atoms with Gasteiger partial charge in [-0.15, -0.1) is 0 Å². The Bertz CT molecular complexity index is 502. The predicted molar refractivity (Wildman–Crippen MR) is 76.2 cm³/mol. The van der Waals surface area contributed by atoms with Gasteiger partial charge >= 0.3 is 0 Å². The fraction of sp³-hybridized carbons (Fsp3) is 0.714. The minimum atomic E-state index is -0.213. The maximum Gasteiger partial charge on any atom is 0.257 e. The van der Waals surface area contributed by atoms with E-state index in [0.29, 0.717) is 24.5 Å². The molecule has 1 aromatic heterocycles. The summed E-state index contributed by atoms with van der Waals surface area (Å²) in [5.41, 5.74) is 1.30. The first-order chi connectivity index (χ1) is 9.99. The third kappa shape index (κ3) is 3.09. The van der Waals surface area contributed by atoms with E-state index in [1.807, 2.05) is 6.92 Å². The Morgan fingerprint density at radius 1 is 1.43 bits per heavy atom. The number of hydrogen-bond acceptors (Lipinski definition) is 5. The average molecular weight is 297 g/mol. The van der Waals surface area contributed by atoms with Crippen LogP contribution in [-0.2, 0) is 21.3 Å². The molecule has 7 nitrogen and oxygen atoms in total. The fourth-order valence-electron chi connectivity index (χ4n) is 2.74. The molecule has 2 rings (SSSR count). The number of amides is 1. The van der Waals surface area contributed by atoms with E-state index >= 15 is 0 Å². The normalized spacial score (nSPS) is 25.9. The van der Waals surface area contributed by atoms with Crippen LogP contribution in [0.4, 0.5) is 0 Å². The number of methoxy groups -OCH3 is 2. The van der Waals surface area contributed by atoms with Gasteiger partial charge in [0.05, 0.1) is 30.5 Å². The zero-order valence-electron chi connectivity index (χ0n) is 13.2. The molecule has 0 N–H and O–H groups in total. The lowest BCUT2D eigenvalue weighted by atomic mass is 10.0. The zero-order valence-corrected chi connectivity index (χ0v) is 13.2. The molecule has 1 fully saturated rings. The summed E-state index contributed by atoms with van der Waals surface area (Å²) >= 11 is 0. The van der Waals surface area contributed by atoms with Gasteiger partial charge in [-0.2, -0.15) is 5.10 Å². The average Bonchev–Trinajstić information content (AvgIpc) is 2.83. The monoisotopic (exact) mass is 297 g/mol. The lowest BCUT2D eigenvalue weighted by Gasteiger charge is -2.40. The molecule has 0 aliphatic carbocycles. The third-order valence-corrected chi connectivity index (χ3v) is 3.95. The van der Waals surface area contributed by atoms with Gasteiger partial charge < -0.3 is 19.1 Å². The van der Waals surface area contributed by atoms with Gasteiger partial charge in [0.1, 0.15) is 12.2 Å². The van der Waals surface area contributed by atoms with Gasteiger partial charge in [-0.3, -0.25) is 9.48 Å². The van der Waals surface area contributed by atoms with E-state index < -0.39 is 0 Å². The number of rotatable bonds is 4. The predicted octanol–water partition coefficient (Wildman–Crippen LogP) is 0.229.